The van der Waals surface area contributed by atoms with Gasteiger partial charge in [-0.15, -0.1) is 11.8 Å². The van der Waals surface area contributed by atoms with E-state index in [0.717, 1.165) is 11.3 Å². The normalized spacial score (nSPS) is 14.9. The third-order valence-corrected chi connectivity index (χ3v) is 3.83. The van der Waals surface area contributed by atoms with Gasteiger partial charge in [0.25, 0.3) is 0 Å². The molecule has 1 aliphatic heterocycles. The van der Waals surface area contributed by atoms with Crippen molar-refractivity contribution in [3.8, 4) is 11.3 Å². The van der Waals surface area contributed by atoms with Crippen LogP contribution in [0.2, 0.25) is 0 Å². The molecule has 0 amide bonds. The third kappa shape index (κ3) is 1.67. The number of aryl methyl sites for hydroxylation is 1. The van der Waals surface area contributed by atoms with Crippen molar-refractivity contribution in [1.29, 1.82) is 0 Å². The zero-order valence-electron chi connectivity index (χ0n) is 8.27. The van der Waals surface area contributed by atoms with E-state index in [9.17, 15) is 0 Å². The molecule has 0 N–H and O–H groups in total. The molecule has 0 saturated heterocycles. The van der Waals surface area contributed by atoms with Gasteiger partial charge in [0.2, 0.25) is 0 Å². The van der Waals surface area contributed by atoms with Crippen LogP contribution >= 0.6 is 11.8 Å². The monoisotopic (exact) mass is 217 g/mol. The first-order chi connectivity index (χ1) is 7.43. The highest BCUT2D eigenvalue weighted by atomic mass is 32.2. The Bertz CT molecular complexity index is 464. The molecular formula is C12H11NOS. The summed E-state index contributed by atoms with van der Waals surface area (Å²) in [5.41, 5.74) is 2.58. The Hall–Kier alpha value is -1.22. The molecule has 0 bridgehead atoms. The Balaban J connectivity index is 2.04. The van der Waals surface area contributed by atoms with E-state index in [0.29, 0.717) is 0 Å². The van der Waals surface area contributed by atoms with Crippen molar-refractivity contribution < 1.29 is 4.52 Å². The molecule has 0 fully saturated rings. The van der Waals surface area contributed by atoms with Crippen molar-refractivity contribution in [3.05, 3.63) is 36.0 Å². The zero-order valence-corrected chi connectivity index (χ0v) is 9.09. The molecule has 2 aromatic rings. The first-order valence-corrected chi connectivity index (χ1v) is 6.09. The van der Waals surface area contributed by atoms with Gasteiger partial charge < -0.3 is 4.52 Å². The van der Waals surface area contributed by atoms with Gasteiger partial charge in [0.1, 0.15) is 0 Å². The number of hydrogen-bond acceptors (Lipinski definition) is 3. The summed E-state index contributed by atoms with van der Waals surface area (Å²) in [6.07, 6.45) is 4.14. The molecule has 2 nitrogen and oxygen atoms in total. The molecule has 3 heteroatoms. The molecular weight excluding hydrogens is 206 g/mol. The molecule has 1 aromatic heterocycles. The number of aromatic nitrogens is 1. The molecule has 0 radical (unpaired) electrons. The molecule has 0 aliphatic carbocycles. The Kier molecular flexibility index (Phi) is 2.25. The summed E-state index contributed by atoms with van der Waals surface area (Å²) in [5, 5.41) is 3.73. The quantitative estimate of drug-likeness (QED) is 0.732. The molecule has 15 heavy (non-hydrogen) atoms. The van der Waals surface area contributed by atoms with E-state index in [1.54, 1.807) is 6.20 Å². The number of fused-ring (bicyclic) bond motifs is 1. The number of benzene rings is 1. The standard InChI is InChI=1S/C12H11NOS/c1-2-10-8-9(11-5-6-13-14-11)3-4-12(10)15-7-1/h3-6,8H,1-2,7H2. The Morgan fingerprint density at radius 2 is 2.27 bits per heavy atom. The highest BCUT2D eigenvalue weighted by Crippen LogP contribution is 2.32. The minimum Gasteiger partial charge on any atom is -0.356 e. The average molecular weight is 217 g/mol. The Morgan fingerprint density at radius 1 is 1.27 bits per heavy atom. The van der Waals surface area contributed by atoms with E-state index < -0.39 is 0 Å². The van der Waals surface area contributed by atoms with Gasteiger partial charge in [-0.3, -0.25) is 0 Å². The van der Waals surface area contributed by atoms with Crippen molar-refractivity contribution in [2.45, 2.75) is 17.7 Å². The van der Waals surface area contributed by atoms with Gasteiger partial charge in [-0.05, 0) is 36.3 Å². The van der Waals surface area contributed by atoms with E-state index in [4.69, 9.17) is 4.52 Å². The summed E-state index contributed by atoms with van der Waals surface area (Å²) in [4.78, 5) is 1.42. The van der Waals surface area contributed by atoms with Gasteiger partial charge in [0.05, 0.1) is 6.20 Å². The van der Waals surface area contributed by atoms with Crippen molar-refractivity contribution in [2.75, 3.05) is 5.75 Å². The second kappa shape index (κ2) is 3.74. The molecule has 0 atom stereocenters. The second-order valence-electron chi connectivity index (χ2n) is 3.65. The summed E-state index contributed by atoms with van der Waals surface area (Å²) in [7, 11) is 0. The average Bonchev–Trinajstić information content (AvgIpc) is 2.82. The van der Waals surface area contributed by atoms with Crippen LogP contribution in [0.25, 0.3) is 11.3 Å². The summed E-state index contributed by atoms with van der Waals surface area (Å²) in [6, 6.07) is 8.42. The third-order valence-electron chi connectivity index (χ3n) is 2.63. The predicted octanol–water partition coefficient (Wildman–Crippen LogP) is 3.38. The topological polar surface area (TPSA) is 26.0 Å². The van der Waals surface area contributed by atoms with Gasteiger partial charge in [-0.25, -0.2) is 0 Å². The Labute approximate surface area is 92.7 Å². The minimum atomic E-state index is 0.855. The maximum atomic E-state index is 5.15. The van der Waals surface area contributed by atoms with Crippen LogP contribution in [0.15, 0.2) is 39.9 Å². The van der Waals surface area contributed by atoms with E-state index in [2.05, 4.69) is 23.4 Å². The van der Waals surface area contributed by atoms with Crippen molar-refractivity contribution in [3.63, 3.8) is 0 Å². The lowest BCUT2D eigenvalue weighted by atomic mass is 10.0. The molecule has 2 heterocycles. The lowest BCUT2D eigenvalue weighted by Gasteiger charge is -2.15. The molecule has 0 spiro atoms. The lowest BCUT2D eigenvalue weighted by molar-refractivity contribution is 0.432. The van der Waals surface area contributed by atoms with Crippen molar-refractivity contribution >= 4 is 11.8 Å². The van der Waals surface area contributed by atoms with Crippen molar-refractivity contribution in [2.24, 2.45) is 0 Å². The number of thioether (sulfide) groups is 1. The molecule has 1 aromatic carbocycles. The molecule has 0 unspecified atom stereocenters. The fourth-order valence-electron chi connectivity index (χ4n) is 1.88. The maximum Gasteiger partial charge on any atom is 0.166 e. The van der Waals surface area contributed by atoms with E-state index in [-0.39, 0.29) is 0 Å². The van der Waals surface area contributed by atoms with E-state index >= 15 is 0 Å². The smallest absolute Gasteiger partial charge is 0.166 e. The molecule has 0 saturated carbocycles. The van der Waals surface area contributed by atoms with Gasteiger partial charge in [0.15, 0.2) is 5.76 Å². The molecule has 76 valence electrons. The van der Waals surface area contributed by atoms with Gasteiger partial charge in [0, 0.05) is 16.5 Å². The summed E-state index contributed by atoms with van der Waals surface area (Å²) >= 11 is 1.95. The van der Waals surface area contributed by atoms with Crippen LogP contribution < -0.4 is 0 Å². The van der Waals surface area contributed by atoms with Crippen LogP contribution in [0.3, 0.4) is 0 Å². The molecule has 3 rings (SSSR count). The number of rotatable bonds is 1. The second-order valence-corrected chi connectivity index (χ2v) is 4.79. The minimum absolute atomic E-state index is 0.855. The first kappa shape index (κ1) is 9.04. The highest BCUT2D eigenvalue weighted by molar-refractivity contribution is 7.99. The van der Waals surface area contributed by atoms with Crippen molar-refractivity contribution in [1.82, 2.24) is 5.16 Å². The van der Waals surface area contributed by atoms with Crippen LogP contribution in [0.5, 0.6) is 0 Å². The SMILES string of the molecule is c1cc(-c2ccc3c(c2)CCCS3)on1. The maximum absolute atomic E-state index is 5.15. The number of hydrogen-bond donors (Lipinski definition) is 0. The van der Waals surface area contributed by atoms with E-state index in [1.165, 1.54) is 29.1 Å². The summed E-state index contributed by atoms with van der Waals surface area (Å²) < 4.78 is 5.15. The largest absolute Gasteiger partial charge is 0.356 e. The van der Waals surface area contributed by atoms with Crippen LogP contribution in [0.1, 0.15) is 12.0 Å². The number of nitrogens with zero attached hydrogens (tertiary/aromatic N) is 1. The van der Waals surface area contributed by atoms with Crippen LogP contribution in [-0.2, 0) is 6.42 Å². The zero-order chi connectivity index (χ0) is 10.1. The van der Waals surface area contributed by atoms with Gasteiger partial charge in [-0.2, -0.15) is 0 Å². The van der Waals surface area contributed by atoms with Crippen LogP contribution in [0.4, 0.5) is 0 Å². The lowest BCUT2D eigenvalue weighted by Crippen LogP contribution is -1.98. The summed E-state index contributed by atoms with van der Waals surface area (Å²) in [6.45, 7) is 0. The van der Waals surface area contributed by atoms with Crippen LogP contribution in [0, 0.1) is 0 Å². The fourth-order valence-corrected chi connectivity index (χ4v) is 2.90. The van der Waals surface area contributed by atoms with Crippen LogP contribution in [-0.4, -0.2) is 10.9 Å². The predicted molar refractivity (Wildman–Crippen MR) is 61.0 cm³/mol. The molecule has 1 aliphatic rings. The Morgan fingerprint density at radius 3 is 3.13 bits per heavy atom. The van der Waals surface area contributed by atoms with Gasteiger partial charge >= 0.3 is 0 Å². The van der Waals surface area contributed by atoms with E-state index in [1.807, 2.05) is 17.8 Å². The highest BCUT2D eigenvalue weighted by Gasteiger charge is 2.11. The van der Waals surface area contributed by atoms with Gasteiger partial charge in [-0.1, -0.05) is 11.2 Å². The fraction of sp³-hybridized carbons (Fsp3) is 0.250. The first-order valence-electron chi connectivity index (χ1n) is 5.10. The summed E-state index contributed by atoms with van der Waals surface area (Å²) in [5.74, 6) is 2.10.